The lowest BCUT2D eigenvalue weighted by Crippen LogP contribution is -2.69. The lowest BCUT2D eigenvalue weighted by Gasteiger charge is -2.50. The second-order valence-electron chi connectivity index (χ2n) is 7.85. The van der Waals surface area contributed by atoms with Gasteiger partial charge in [-0.05, 0) is 43.4 Å². The van der Waals surface area contributed by atoms with Crippen molar-refractivity contribution in [3.05, 3.63) is 29.3 Å². The fourth-order valence-corrected chi connectivity index (χ4v) is 6.95. The summed E-state index contributed by atoms with van der Waals surface area (Å²) in [6.45, 7) is 4.31. The molecule has 4 rings (SSSR count). The summed E-state index contributed by atoms with van der Waals surface area (Å²) in [5.41, 5.74) is 2.12. The number of hydrogen-bond acceptors (Lipinski definition) is 5. The molecule has 7 heteroatoms. The van der Waals surface area contributed by atoms with E-state index in [-0.39, 0.29) is 17.6 Å². The topological polar surface area (TPSA) is 72.9 Å². The highest BCUT2D eigenvalue weighted by atomic mass is 32.2. The number of sulfone groups is 1. The number of rotatable bonds is 5. The first kappa shape index (κ1) is 18.7. The fraction of sp³-hybridized carbons (Fsp3) is 0.650. The zero-order valence-corrected chi connectivity index (χ0v) is 16.6. The highest BCUT2D eigenvalue weighted by Crippen LogP contribution is 2.45. The van der Waals surface area contributed by atoms with Crippen molar-refractivity contribution in [2.45, 2.75) is 37.4 Å². The number of likely N-dealkylation sites (tertiary alicyclic amines) is 1. The van der Waals surface area contributed by atoms with Crippen molar-refractivity contribution in [1.82, 2.24) is 4.90 Å². The van der Waals surface area contributed by atoms with Crippen LogP contribution in [0.25, 0.3) is 0 Å². The minimum absolute atomic E-state index is 0.00503. The Hall–Kier alpha value is -1.60. The molecule has 2 saturated heterocycles. The number of hydrogen-bond donors (Lipinski definition) is 0. The maximum Gasteiger partial charge on any atom is 0.227 e. The van der Waals surface area contributed by atoms with Gasteiger partial charge in [0.1, 0.15) is 10.5 Å². The molecule has 1 aromatic carbocycles. The van der Waals surface area contributed by atoms with E-state index in [1.54, 1.807) is 4.90 Å². The van der Waals surface area contributed by atoms with Gasteiger partial charge in [0.15, 0.2) is 9.84 Å². The van der Waals surface area contributed by atoms with Gasteiger partial charge in [-0.2, -0.15) is 0 Å². The highest BCUT2D eigenvalue weighted by molar-refractivity contribution is 7.93. The second-order valence-corrected chi connectivity index (χ2v) is 10.3. The molecule has 0 radical (unpaired) electrons. The standard InChI is InChI=1S/C20H27NO5S/c1-2-25-12-17-7-9-27(23,24)20(17)13-21(14-20)19(22)11-15-5-6-18-16(10-15)4-3-8-26-18/h5-6,10,17H,2-4,7-9,11-14H2,1H3/t17-/m0/s1. The maximum atomic E-state index is 12.7. The first-order chi connectivity index (χ1) is 12.9. The molecule has 6 nitrogen and oxygen atoms in total. The summed E-state index contributed by atoms with van der Waals surface area (Å²) in [4.78, 5) is 14.4. The van der Waals surface area contributed by atoms with Crippen LogP contribution >= 0.6 is 0 Å². The summed E-state index contributed by atoms with van der Waals surface area (Å²) >= 11 is 0. The molecular formula is C20H27NO5S. The van der Waals surface area contributed by atoms with Gasteiger partial charge in [-0.1, -0.05) is 12.1 Å². The first-order valence-electron chi connectivity index (χ1n) is 9.77. The van der Waals surface area contributed by atoms with E-state index in [1.807, 2.05) is 25.1 Å². The molecule has 0 unspecified atom stereocenters. The molecule has 3 aliphatic heterocycles. The third-order valence-electron chi connectivity index (χ3n) is 6.22. The van der Waals surface area contributed by atoms with Crippen molar-refractivity contribution < 1.29 is 22.7 Å². The molecule has 3 aliphatic rings. The second kappa shape index (κ2) is 7.09. The van der Waals surface area contributed by atoms with E-state index in [0.29, 0.717) is 39.1 Å². The average Bonchev–Trinajstić information content (AvgIpc) is 2.88. The summed E-state index contributed by atoms with van der Waals surface area (Å²) in [6.07, 6.45) is 2.91. The number of carbonyl (C=O) groups is 1. The smallest absolute Gasteiger partial charge is 0.227 e. The SMILES string of the molecule is CCOC[C@@H]1CCS(=O)(=O)C12CN(C(=O)Cc1ccc3c(c1)CCCO3)C2. The molecule has 0 saturated carbocycles. The predicted octanol–water partition coefficient (Wildman–Crippen LogP) is 1.61. The number of carbonyl (C=O) groups excluding carboxylic acids is 1. The van der Waals surface area contributed by atoms with Crippen LogP contribution in [0.1, 0.15) is 30.9 Å². The Bertz CT molecular complexity index is 829. The van der Waals surface area contributed by atoms with Gasteiger partial charge in [0.05, 0.1) is 25.4 Å². The van der Waals surface area contributed by atoms with Crippen molar-refractivity contribution in [2.24, 2.45) is 5.92 Å². The molecule has 3 heterocycles. The lowest BCUT2D eigenvalue weighted by molar-refractivity contribution is -0.137. The molecule has 1 atom stereocenters. The third kappa shape index (κ3) is 3.25. The number of fused-ring (bicyclic) bond motifs is 1. The van der Waals surface area contributed by atoms with E-state index in [9.17, 15) is 13.2 Å². The van der Waals surface area contributed by atoms with Crippen LogP contribution in [-0.2, 0) is 32.2 Å². The average molecular weight is 394 g/mol. The van der Waals surface area contributed by atoms with Crippen LogP contribution in [0.4, 0.5) is 0 Å². The van der Waals surface area contributed by atoms with Crippen LogP contribution in [0.3, 0.4) is 0 Å². The molecule has 27 heavy (non-hydrogen) atoms. The quantitative estimate of drug-likeness (QED) is 0.760. The molecule has 0 bridgehead atoms. The van der Waals surface area contributed by atoms with Crippen LogP contribution in [0.15, 0.2) is 18.2 Å². The van der Waals surface area contributed by atoms with Crippen LogP contribution in [0.5, 0.6) is 5.75 Å². The number of aryl methyl sites for hydroxylation is 1. The number of ether oxygens (including phenoxy) is 2. The fourth-order valence-electron chi connectivity index (χ4n) is 4.55. The molecular weight excluding hydrogens is 366 g/mol. The molecule has 148 valence electrons. The molecule has 1 amide bonds. The molecule has 1 aromatic rings. The predicted molar refractivity (Wildman–Crippen MR) is 102 cm³/mol. The minimum Gasteiger partial charge on any atom is -0.493 e. The van der Waals surface area contributed by atoms with Crippen molar-refractivity contribution >= 4 is 15.7 Å². The van der Waals surface area contributed by atoms with Crippen LogP contribution in [0, 0.1) is 5.92 Å². The lowest BCUT2D eigenvalue weighted by atomic mass is 9.83. The van der Waals surface area contributed by atoms with Gasteiger partial charge in [-0.25, -0.2) is 8.42 Å². The van der Waals surface area contributed by atoms with Gasteiger partial charge in [0, 0.05) is 25.6 Å². The van der Waals surface area contributed by atoms with Crippen LogP contribution in [0.2, 0.25) is 0 Å². The largest absolute Gasteiger partial charge is 0.493 e. The van der Waals surface area contributed by atoms with E-state index < -0.39 is 14.6 Å². The van der Waals surface area contributed by atoms with Gasteiger partial charge in [-0.15, -0.1) is 0 Å². The number of nitrogens with zero attached hydrogens (tertiary/aromatic N) is 1. The van der Waals surface area contributed by atoms with Crippen molar-refractivity contribution in [3.8, 4) is 5.75 Å². The third-order valence-corrected chi connectivity index (χ3v) is 8.82. The van der Waals surface area contributed by atoms with Crippen molar-refractivity contribution in [3.63, 3.8) is 0 Å². The van der Waals surface area contributed by atoms with Crippen molar-refractivity contribution in [2.75, 3.05) is 38.7 Å². The van der Waals surface area contributed by atoms with Gasteiger partial charge in [0.2, 0.25) is 5.91 Å². The van der Waals surface area contributed by atoms with E-state index in [0.717, 1.165) is 36.3 Å². The van der Waals surface area contributed by atoms with E-state index in [2.05, 4.69) is 0 Å². The zero-order valence-electron chi connectivity index (χ0n) is 15.8. The van der Waals surface area contributed by atoms with Gasteiger partial charge < -0.3 is 14.4 Å². The van der Waals surface area contributed by atoms with Crippen LogP contribution in [-0.4, -0.2) is 62.6 Å². The van der Waals surface area contributed by atoms with Gasteiger partial charge >= 0.3 is 0 Å². The highest BCUT2D eigenvalue weighted by Gasteiger charge is 2.62. The molecule has 0 aliphatic carbocycles. The van der Waals surface area contributed by atoms with Gasteiger partial charge in [0.25, 0.3) is 0 Å². The maximum absolute atomic E-state index is 12.7. The molecule has 0 aromatic heterocycles. The molecule has 2 fully saturated rings. The normalized spacial score (nSPS) is 24.9. The Morgan fingerprint density at radius 3 is 2.96 bits per heavy atom. The Morgan fingerprint density at radius 1 is 1.37 bits per heavy atom. The van der Waals surface area contributed by atoms with E-state index in [1.165, 1.54) is 0 Å². The summed E-state index contributed by atoms with van der Waals surface area (Å²) in [6, 6.07) is 5.92. The van der Waals surface area contributed by atoms with E-state index in [4.69, 9.17) is 9.47 Å². The summed E-state index contributed by atoms with van der Waals surface area (Å²) < 4.78 is 35.6. The Labute approximate surface area is 160 Å². The summed E-state index contributed by atoms with van der Waals surface area (Å²) in [5, 5.41) is 0. The van der Waals surface area contributed by atoms with Crippen molar-refractivity contribution in [1.29, 1.82) is 0 Å². The van der Waals surface area contributed by atoms with Gasteiger partial charge in [-0.3, -0.25) is 4.79 Å². The summed E-state index contributed by atoms with van der Waals surface area (Å²) in [5.74, 6) is 1.11. The van der Waals surface area contributed by atoms with E-state index >= 15 is 0 Å². The summed E-state index contributed by atoms with van der Waals surface area (Å²) in [7, 11) is -3.17. The zero-order chi connectivity index (χ0) is 19.1. The Balaban J connectivity index is 1.42. The van der Waals surface area contributed by atoms with Crippen LogP contribution < -0.4 is 4.74 Å². The Kier molecular flexibility index (Phi) is 4.93. The molecule has 1 spiro atoms. The molecule has 0 N–H and O–H groups in total. The number of amides is 1. The number of benzene rings is 1. The monoisotopic (exact) mass is 393 g/mol. The first-order valence-corrected chi connectivity index (χ1v) is 11.4. The Morgan fingerprint density at radius 2 is 2.19 bits per heavy atom. The minimum atomic E-state index is -3.17.